The fourth-order valence-corrected chi connectivity index (χ4v) is 2.06. The molecule has 0 saturated carbocycles. The van der Waals surface area contributed by atoms with Gasteiger partial charge in [0, 0.05) is 10.9 Å². The van der Waals surface area contributed by atoms with Crippen LogP contribution in [0, 0.1) is 18.6 Å². The molecule has 0 aliphatic heterocycles. The van der Waals surface area contributed by atoms with Crippen molar-refractivity contribution in [1.82, 2.24) is 4.98 Å². The molecule has 0 saturated heterocycles. The van der Waals surface area contributed by atoms with Gasteiger partial charge in [0.05, 0.1) is 11.9 Å². The van der Waals surface area contributed by atoms with E-state index in [1.54, 1.807) is 12.3 Å². The summed E-state index contributed by atoms with van der Waals surface area (Å²) in [6.45, 7) is 1.76. The summed E-state index contributed by atoms with van der Waals surface area (Å²) in [4.78, 5) is 4.01. The quantitative estimate of drug-likeness (QED) is 0.520. The van der Waals surface area contributed by atoms with Crippen LogP contribution in [-0.2, 0) is 0 Å². The Labute approximate surface area is 125 Å². The van der Waals surface area contributed by atoms with E-state index < -0.39 is 23.7 Å². The summed E-state index contributed by atoms with van der Waals surface area (Å²) in [7, 11) is 0. The first-order chi connectivity index (χ1) is 10.3. The summed E-state index contributed by atoms with van der Waals surface area (Å²) in [5, 5.41) is 5.79. The van der Waals surface area contributed by atoms with E-state index in [2.05, 4.69) is 20.2 Å². The number of nitrogens with one attached hydrogen (secondary N) is 1. The number of hydrazone groups is 1. The molecule has 10 heteroatoms. The highest BCUT2D eigenvalue weighted by Gasteiger charge is 2.34. The topological polar surface area (TPSA) is 46.5 Å². The third-order valence-corrected chi connectivity index (χ3v) is 3.14. The molecule has 0 radical (unpaired) electrons. The number of thiazole rings is 1. The minimum atomic E-state index is -5.20. The molecule has 0 atom stereocenters. The zero-order valence-corrected chi connectivity index (χ0v) is 11.7. The Bertz CT molecular complexity index is 699. The highest BCUT2D eigenvalue weighted by molar-refractivity contribution is 7.13. The molecule has 22 heavy (non-hydrogen) atoms. The number of anilines is 1. The van der Waals surface area contributed by atoms with Gasteiger partial charge in [0.2, 0.25) is 10.9 Å². The molecule has 0 amide bonds. The summed E-state index contributed by atoms with van der Waals surface area (Å²) in [6.07, 6.45) is -4.30. The molecule has 1 N–H and O–H groups in total. The van der Waals surface area contributed by atoms with Crippen molar-refractivity contribution in [3.05, 3.63) is 40.4 Å². The Balaban J connectivity index is 2.19. The first kappa shape index (κ1) is 16.1. The predicted molar refractivity (Wildman–Crippen MR) is 71.1 cm³/mol. The van der Waals surface area contributed by atoms with Gasteiger partial charge in [-0.25, -0.2) is 13.8 Å². The molecule has 0 spiro atoms. The van der Waals surface area contributed by atoms with Crippen molar-refractivity contribution in [1.29, 1.82) is 0 Å². The molecule has 1 aromatic heterocycles. The van der Waals surface area contributed by atoms with Crippen molar-refractivity contribution >= 4 is 22.7 Å². The molecule has 0 aliphatic rings. The number of aromatic nitrogens is 1. The molecule has 4 nitrogen and oxygen atoms in total. The smallest absolute Gasteiger partial charge is 0.399 e. The van der Waals surface area contributed by atoms with Gasteiger partial charge < -0.3 is 4.74 Å². The summed E-state index contributed by atoms with van der Waals surface area (Å²) in [5.74, 6) is -4.49. The Morgan fingerprint density at radius 3 is 2.64 bits per heavy atom. The van der Waals surface area contributed by atoms with Crippen LogP contribution in [0.15, 0.2) is 22.6 Å². The minimum absolute atomic E-state index is 0.374. The van der Waals surface area contributed by atoms with Gasteiger partial charge in [-0.15, -0.1) is 24.5 Å². The summed E-state index contributed by atoms with van der Waals surface area (Å²) >= 11 is 1.24. The van der Waals surface area contributed by atoms with Crippen molar-refractivity contribution < 1.29 is 26.7 Å². The number of halogens is 5. The van der Waals surface area contributed by atoms with Gasteiger partial charge in [-0.3, -0.25) is 5.43 Å². The van der Waals surface area contributed by atoms with Crippen molar-refractivity contribution in [2.75, 3.05) is 5.43 Å². The zero-order valence-electron chi connectivity index (χ0n) is 10.9. The molecule has 118 valence electrons. The molecule has 1 heterocycles. The monoisotopic (exact) mass is 337 g/mol. The number of alkyl halides is 3. The average molecular weight is 337 g/mol. The van der Waals surface area contributed by atoms with Crippen LogP contribution in [0.3, 0.4) is 0 Å². The van der Waals surface area contributed by atoms with E-state index in [4.69, 9.17) is 0 Å². The molecular formula is C12H8F5N3OS. The molecule has 2 aromatic rings. The van der Waals surface area contributed by atoms with E-state index in [1.165, 1.54) is 11.3 Å². The fraction of sp³-hybridized carbons (Fsp3) is 0.167. The molecule has 0 unspecified atom stereocenters. The van der Waals surface area contributed by atoms with Crippen molar-refractivity contribution in [2.45, 2.75) is 13.3 Å². The minimum Gasteiger partial charge on any atom is -0.399 e. The van der Waals surface area contributed by atoms with Gasteiger partial charge in [0.15, 0.2) is 11.6 Å². The maximum absolute atomic E-state index is 13.8. The van der Waals surface area contributed by atoms with Crippen LogP contribution >= 0.6 is 11.3 Å². The van der Waals surface area contributed by atoms with Gasteiger partial charge in [-0.2, -0.15) is 5.10 Å². The normalized spacial score (nSPS) is 11.9. The number of nitrogens with zero attached hydrogens (tertiary/aromatic N) is 2. The highest BCUT2D eigenvalue weighted by Crippen LogP contribution is 2.29. The number of hydrogen-bond acceptors (Lipinski definition) is 5. The maximum atomic E-state index is 13.8. The lowest BCUT2D eigenvalue weighted by Crippen LogP contribution is -2.19. The van der Waals surface area contributed by atoms with E-state index >= 15 is 0 Å². The van der Waals surface area contributed by atoms with Crippen LogP contribution < -0.4 is 10.2 Å². The molecule has 0 aliphatic carbocycles. The van der Waals surface area contributed by atoms with E-state index in [-0.39, 0.29) is 5.56 Å². The van der Waals surface area contributed by atoms with Crippen molar-refractivity contribution in [2.24, 2.45) is 5.10 Å². The third kappa shape index (κ3) is 4.13. The van der Waals surface area contributed by atoms with Crippen molar-refractivity contribution in [3.63, 3.8) is 0 Å². The first-order valence-corrected chi connectivity index (χ1v) is 6.59. The Morgan fingerprint density at radius 2 is 2.05 bits per heavy atom. The highest BCUT2D eigenvalue weighted by atomic mass is 32.1. The molecule has 2 rings (SSSR count). The molecule has 0 bridgehead atoms. The fourth-order valence-electron chi connectivity index (χ4n) is 1.42. The van der Waals surface area contributed by atoms with Gasteiger partial charge >= 0.3 is 6.36 Å². The van der Waals surface area contributed by atoms with E-state index in [0.29, 0.717) is 11.2 Å². The predicted octanol–water partition coefficient (Wildman–Crippen LogP) is 4.07. The summed E-state index contributed by atoms with van der Waals surface area (Å²) in [5.41, 5.74) is 2.85. The third-order valence-electron chi connectivity index (χ3n) is 2.28. The molecule has 1 aromatic carbocycles. The number of hydrogen-bond donors (Lipinski definition) is 1. The van der Waals surface area contributed by atoms with Gasteiger partial charge in [0.1, 0.15) is 0 Å². The van der Waals surface area contributed by atoms with E-state index in [1.807, 2.05) is 0 Å². The number of benzene rings is 1. The Hall–Kier alpha value is -2.23. The summed E-state index contributed by atoms with van der Waals surface area (Å²) in [6, 6.07) is 1.59. The Morgan fingerprint density at radius 1 is 1.32 bits per heavy atom. The van der Waals surface area contributed by atoms with Crippen LogP contribution in [0.2, 0.25) is 0 Å². The van der Waals surface area contributed by atoms with Crippen LogP contribution in [0.1, 0.15) is 11.3 Å². The second-order valence-electron chi connectivity index (χ2n) is 3.99. The average Bonchev–Trinajstić information content (AvgIpc) is 2.82. The molecular weight excluding hydrogens is 329 g/mol. The Kier molecular flexibility index (Phi) is 4.59. The van der Waals surface area contributed by atoms with Gasteiger partial charge in [-0.1, -0.05) is 0 Å². The largest absolute Gasteiger partial charge is 0.573 e. The lowest BCUT2D eigenvalue weighted by Gasteiger charge is -2.11. The van der Waals surface area contributed by atoms with Crippen LogP contribution in [0.4, 0.5) is 27.1 Å². The first-order valence-electron chi connectivity index (χ1n) is 5.71. The SMILES string of the molecule is Cc1csc(NN=Cc2ccc(F)c(OC(F)(F)F)c2F)n1. The molecule has 0 fully saturated rings. The second kappa shape index (κ2) is 6.26. The second-order valence-corrected chi connectivity index (χ2v) is 4.85. The van der Waals surface area contributed by atoms with Gasteiger partial charge in [-0.05, 0) is 19.1 Å². The van der Waals surface area contributed by atoms with Crippen LogP contribution in [-0.4, -0.2) is 17.6 Å². The van der Waals surface area contributed by atoms with Crippen LogP contribution in [0.25, 0.3) is 0 Å². The van der Waals surface area contributed by atoms with E-state index in [9.17, 15) is 22.0 Å². The lowest BCUT2D eigenvalue weighted by molar-refractivity contribution is -0.276. The van der Waals surface area contributed by atoms with Crippen molar-refractivity contribution in [3.8, 4) is 5.75 Å². The lowest BCUT2D eigenvalue weighted by atomic mass is 10.2. The number of aryl methyl sites for hydroxylation is 1. The standard InChI is InChI=1S/C12H8F5N3OS/c1-6-5-22-11(19-6)20-18-4-7-2-3-8(13)10(9(7)14)21-12(15,16)17/h2-5H,1H3,(H,19,20). The number of ether oxygens (including phenoxy) is 1. The van der Waals surface area contributed by atoms with Gasteiger partial charge in [0.25, 0.3) is 0 Å². The zero-order chi connectivity index (χ0) is 16.3. The number of rotatable bonds is 4. The van der Waals surface area contributed by atoms with Crippen LogP contribution in [0.5, 0.6) is 5.75 Å². The van der Waals surface area contributed by atoms with E-state index in [0.717, 1.165) is 18.0 Å². The summed E-state index contributed by atoms with van der Waals surface area (Å²) < 4.78 is 66.6. The maximum Gasteiger partial charge on any atom is 0.573 e.